The SMILES string of the molecule is CC(=O)Oc1c(C(C)(C)C)ccc(C)c1C(C)(C)C. The molecule has 0 fully saturated rings. The lowest BCUT2D eigenvalue weighted by Gasteiger charge is -2.30. The van der Waals surface area contributed by atoms with E-state index in [1.165, 1.54) is 6.92 Å². The topological polar surface area (TPSA) is 26.3 Å². The Morgan fingerprint density at radius 2 is 1.53 bits per heavy atom. The van der Waals surface area contributed by atoms with Crippen LogP contribution >= 0.6 is 0 Å². The van der Waals surface area contributed by atoms with Crippen LogP contribution in [0.2, 0.25) is 0 Å². The van der Waals surface area contributed by atoms with E-state index in [1.807, 2.05) is 0 Å². The highest BCUT2D eigenvalue weighted by molar-refractivity contribution is 5.71. The molecule has 2 heteroatoms. The summed E-state index contributed by atoms with van der Waals surface area (Å²) in [5.41, 5.74) is 3.25. The summed E-state index contributed by atoms with van der Waals surface area (Å²) in [5.74, 6) is 0.481. The molecule has 0 atom stereocenters. The molecule has 2 nitrogen and oxygen atoms in total. The van der Waals surface area contributed by atoms with Crippen molar-refractivity contribution < 1.29 is 9.53 Å². The molecule has 0 saturated heterocycles. The number of carbonyl (C=O) groups excluding carboxylic acids is 1. The van der Waals surface area contributed by atoms with Gasteiger partial charge in [-0.2, -0.15) is 0 Å². The Labute approximate surface area is 117 Å². The number of hydrogen-bond donors (Lipinski definition) is 0. The first-order chi connectivity index (χ1) is 8.44. The van der Waals surface area contributed by atoms with Crippen molar-refractivity contribution in [3.05, 3.63) is 28.8 Å². The smallest absolute Gasteiger partial charge is 0.308 e. The monoisotopic (exact) mass is 262 g/mol. The van der Waals surface area contributed by atoms with E-state index in [4.69, 9.17) is 4.74 Å². The molecule has 0 bridgehead atoms. The van der Waals surface area contributed by atoms with Gasteiger partial charge in [0.15, 0.2) is 0 Å². The molecule has 0 aliphatic carbocycles. The second kappa shape index (κ2) is 4.99. The van der Waals surface area contributed by atoms with Crippen LogP contribution in [0.25, 0.3) is 0 Å². The van der Waals surface area contributed by atoms with Crippen LogP contribution < -0.4 is 4.74 Å². The highest BCUT2D eigenvalue weighted by Gasteiger charge is 2.28. The number of hydrogen-bond acceptors (Lipinski definition) is 2. The van der Waals surface area contributed by atoms with Crippen molar-refractivity contribution in [1.29, 1.82) is 0 Å². The minimum Gasteiger partial charge on any atom is -0.426 e. The average Bonchev–Trinajstić information content (AvgIpc) is 2.11. The predicted molar refractivity (Wildman–Crippen MR) is 79.9 cm³/mol. The summed E-state index contributed by atoms with van der Waals surface area (Å²) in [6.07, 6.45) is 0. The van der Waals surface area contributed by atoms with Gasteiger partial charge < -0.3 is 4.74 Å². The maximum Gasteiger partial charge on any atom is 0.308 e. The number of esters is 1. The summed E-state index contributed by atoms with van der Waals surface area (Å²) in [4.78, 5) is 11.5. The van der Waals surface area contributed by atoms with Gasteiger partial charge in [-0.15, -0.1) is 0 Å². The van der Waals surface area contributed by atoms with Crippen molar-refractivity contribution in [3.63, 3.8) is 0 Å². The van der Waals surface area contributed by atoms with Gasteiger partial charge in [0, 0.05) is 18.1 Å². The molecule has 0 unspecified atom stereocenters. The summed E-state index contributed by atoms with van der Waals surface area (Å²) < 4.78 is 5.57. The molecule has 1 aromatic rings. The molecule has 1 aromatic carbocycles. The van der Waals surface area contributed by atoms with Crippen LogP contribution in [0.15, 0.2) is 12.1 Å². The minimum atomic E-state index is -0.262. The molecule has 0 aliphatic rings. The van der Waals surface area contributed by atoms with Crippen molar-refractivity contribution in [1.82, 2.24) is 0 Å². The second-order valence-corrected chi connectivity index (χ2v) is 7.23. The first kappa shape index (κ1) is 15.7. The zero-order valence-electron chi connectivity index (χ0n) is 13.5. The van der Waals surface area contributed by atoms with Gasteiger partial charge in [0.25, 0.3) is 0 Å². The molecule has 0 radical (unpaired) electrons. The summed E-state index contributed by atoms with van der Waals surface area (Å²) in [6.45, 7) is 16.4. The number of ether oxygens (including phenoxy) is 1. The second-order valence-electron chi connectivity index (χ2n) is 7.23. The Balaban J connectivity index is 3.65. The van der Waals surface area contributed by atoms with Crippen LogP contribution in [-0.4, -0.2) is 5.97 Å². The van der Waals surface area contributed by atoms with Crippen LogP contribution in [0, 0.1) is 6.92 Å². The lowest BCUT2D eigenvalue weighted by Crippen LogP contribution is -2.22. The van der Waals surface area contributed by atoms with Crippen molar-refractivity contribution in [2.45, 2.75) is 66.2 Å². The standard InChI is InChI=1S/C17H26O2/c1-11-9-10-13(16(3,4)5)15(19-12(2)18)14(11)17(6,7)8/h9-10H,1-8H3. The van der Waals surface area contributed by atoms with Crippen LogP contribution in [0.4, 0.5) is 0 Å². The lowest BCUT2D eigenvalue weighted by atomic mass is 9.77. The van der Waals surface area contributed by atoms with Crippen LogP contribution in [0.5, 0.6) is 5.75 Å². The summed E-state index contributed by atoms with van der Waals surface area (Å²) in [7, 11) is 0. The highest BCUT2D eigenvalue weighted by Crippen LogP contribution is 2.41. The van der Waals surface area contributed by atoms with E-state index in [0.29, 0.717) is 0 Å². The fourth-order valence-corrected chi connectivity index (χ4v) is 2.45. The van der Waals surface area contributed by atoms with Gasteiger partial charge in [-0.3, -0.25) is 4.79 Å². The molecular weight excluding hydrogens is 236 g/mol. The molecule has 0 aliphatic heterocycles. The fraction of sp³-hybridized carbons (Fsp3) is 0.588. The van der Waals surface area contributed by atoms with E-state index in [0.717, 1.165) is 22.4 Å². The summed E-state index contributed by atoms with van der Waals surface area (Å²) in [5, 5.41) is 0. The van der Waals surface area contributed by atoms with Gasteiger partial charge in [0.2, 0.25) is 0 Å². The lowest BCUT2D eigenvalue weighted by molar-refractivity contribution is -0.132. The summed E-state index contributed by atoms with van der Waals surface area (Å²) >= 11 is 0. The highest BCUT2D eigenvalue weighted by atomic mass is 16.5. The predicted octanol–water partition coefficient (Wildman–Crippen LogP) is 4.52. The molecule has 0 amide bonds. The van der Waals surface area contributed by atoms with Gasteiger partial charge >= 0.3 is 5.97 Å². The van der Waals surface area contributed by atoms with Gasteiger partial charge in [-0.05, 0) is 23.3 Å². The number of carbonyl (C=O) groups is 1. The molecule has 0 aromatic heterocycles. The van der Waals surface area contributed by atoms with Crippen molar-refractivity contribution >= 4 is 5.97 Å². The van der Waals surface area contributed by atoms with Crippen molar-refractivity contribution in [2.24, 2.45) is 0 Å². The molecule has 106 valence electrons. The molecule has 0 N–H and O–H groups in total. The van der Waals surface area contributed by atoms with Crippen LogP contribution in [0.1, 0.15) is 65.2 Å². The average molecular weight is 262 g/mol. The molecule has 0 saturated carbocycles. The zero-order chi connectivity index (χ0) is 15.0. The van der Waals surface area contributed by atoms with Gasteiger partial charge in [-0.25, -0.2) is 0 Å². The van der Waals surface area contributed by atoms with E-state index in [2.05, 4.69) is 60.6 Å². The van der Waals surface area contributed by atoms with E-state index in [-0.39, 0.29) is 16.8 Å². The van der Waals surface area contributed by atoms with Crippen LogP contribution in [-0.2, 0) is 15.6 Å². The maximum atomic E-state index is 11.5. The van der Waals surface area contributed by atoms with Crippen LogP contribution in [0.3, 0.4) is 0 Å². The number of benzene rings is 1. The first-order valence-electron chi connectivity index (χ1n) is 6.77. The largest absolute Gasteiger partial charge is 0.426 e. The Hall–Kier alpha value is -1.31. The van der Waals surface area contributed by atoms with E-state index >= 15 is 0 Å². The fourth-order valence-electron chi connectivity index (χ4n) is 2.45. The van der Waals surface area contributed by atoms with Gasteiger partial charge in [0.05, 0.1) is 0 Å². The van der Waals surface area contributed by atoms with E-state index in [9.17, 15) is 4.79 Å². The molecule has 0 spiro atoms. The number of aryl methyl sites for hydroxylation is 1. The third kappa shape index (κ3) is 3.59. The first-order valence-corrected chi connectivity index (χ1v) is 6.77. The molecule has 1 rings (SSSR count). The Morgan fingerprint density at radius 1 is 1.00 bits per heavy atom. The maximum absolute atomic E-state index is 11.5. The van der Waals surface area contributed by atoms with E-state index in [1.54, 1.807) is 0 Å². The third-order valence-electron chi connectivity index (χ3n) is 3.17. The number of rotatable bonds is 1. The quantitative estimate of drug-likeness (QED) is 0.549. The van der Waals surface area contributed by atoms with Crippen molar-refractivity contribution in [3.8, 4) is 5.75 Å². The van der Waals surface area contributed by atoms with Crippen molar-refractivity contribution in [2.75, 3.05) is 0 Å². The third-order valence-corrected chi connectivity index (χ3v) is 3.17. The Morgan fingerprint density at radius 3 is 1.89 bits per heavy atom. The van der Waals surface area contributed by atoms with Gasteiger partial charge in [-0.1, -0.05) is 53.7 Å². The van der Waals surface area contributed by atoms with Gasteiger partial charge in [0.1, 0.15) is 5.75 Å². The molecule has 19 heavy (non-hydrogen) atoms. The zero-order valence-corrected chi connectivity index (χ0v) is 13.5. The minimum absolute atomic E-state index is 0.0571. The Bertz CT molecular complexity index is 485. The van der Waals surface area contributed by atoms with E-state index < -0.39 is 0 Å². The molecule has 0 heterocycles. The normalized spacial score (nSPS) is 12.4. The Kier molecular flexibility index (Phi) is 4.14. The summed E-state index contributed by atoms with van der Waals surface area (Å²) in [6, 6.07) is 4.19. The molecular formula is C17H26O2.